The SMILES string of the molecule is CCCC[C@H](C)C(=O)CS(=O)(=O)OC[C@H]1OC(n2cnc3c(N)ncnc32)C[C@H]1O. The van der Waals surface area contributed by atoms with E-state index in [4.69, 9.17) is 14.7 Å². The Morgan fingerprint density at radius 3 is 2.93 bits per heavy atom. The number of nitrogens with zero attached hydrogens (tertiary/aromatic N) is 4. The number of unbranched alkanes of at least 4 members (excludes halogenated alkanes) is 1. The summed E-state index contributed by atoms with van der Waals surface area (Å²) in [5.41, 5.74) is 6.63. The van der Waals surface area contributed by atoms with Gasteiger partial charge in [0.1, 0.15) is 29.9 Å². The van der Waals surface area contributed by atoms with E-state index < -0.39 is 34.3 Å². The number of carbonyl (C=O) groups excluding carboxylic acids is 1. The lowest BCUT2D eigenvalue weighted by Crippen LogP contribution is -2.30. The van der Waals surface area contributed by atoms with Crippen molar-refractivity contribution in [1.29, 1.82) is 0 Å². The molecule has 1 aliphatic rings. The highest BCUT2D eigenvalue weighted by Gasteiger charge is 2.37. The third-order valence-corrected chi connectivity index (χ3v) is 6.31. The number of carbonyl (C=O) groups is 1. The van der Waals surface area contributed by atoms with Gasteiger partial charge in [-0.2, -0.15) is 8.42 Å². The smallest absolute Gasteiger partial charge is 0.274 e. The first-order chi connectivity index (χ1) is 14.2. The number of Topliss-reactive ketones (excluding diaryl/α,β-unsaturated/α-hetero) is 1. The van der Waals surface area contributed by atoms with Crippen molar-refractivity contribution >= 4 is 32.9 Å². The molecule has 1 fully saturated rings. The van der Waals surface area contributed by atoms with E-state index in [1.54, 1.807) is 11.5 Å². The lowest BCUT2D eigenvalue weighted by Gasteiger charge is -2.16. The molecular weight excluding hydrogens is 414 g/mol. The van der Waals surface area contributed by atoms with Crippen molar-refractivity contribution in [3.8, 4) is 0 Å². The van der Waals surface area contributed by atoms with Gasteiger partial charge in [0, 0.05) is 12.3 Å². The molecule has 12 heteroatoms. The van der Waals surface area contributed by atoms with Crippen molar-refractivity contribution < 1.29 is 27.2 Å². The average molecular weight is 442 g/mol. The number of hydrogen-bond donors (Lipinski definition) is 2. The summed E-state index contributed by atoms with van der Waals surface area (Å²) in [5.74, 6) is -1.19. The highest BCUT2D eigenvalue weighted by atomic mass is 32.2. The fourth-order valence-corrected chi connectivity index (χ4v) is 4.37. The number of hydrogen-bond acceptors (Lipinski definition) is 10. The van der Waals surface area contributed by atoms with Crippen LogP contribution in [0.3, 0.4) is 0 Å². The number of anilines is 1. The molecule has 0 bridgehead atoms. The second-order valence-corrected chi connectivity index (χ2v) is 9.15. The van der Waals surface area contributed by atoms with E-state index in [0.29, 0.717) is 17.6 Å². The van der Waals surface area contributed by atoms with Crippen LogP contribution in [0.5, 0.6) is 0 Å². The van der Waals surface area contributed by atoms with Crippen molar-refractivity contribution in [2.75, 3.05) is 18.1 Å². The number of nitrogens with two attached hydrogens (primary N) is 1. The molecule has 30 heavy (non-hydrogen) atoms. The van der Waals surface area contributed by atoms with E-state index in [0.717, 1.165) is 12.8 Å². The Morgan fingerprint density at radius 1 is 1.43 bits per heavy atom. The molecule has 0 spiro atoms. The first-order valence-corrected chi connectivity index (χ1v) is 11.5. The standard InChI is InChI=1S/C18H27N5O6S/c1-3-4-5-11(2)13(25)8-30(26,27)28-7-14-12(24)6-15(29-14)23-10-22-16-17(19)20-9-21-18(16)23/h9-12,14-15,24H,3-8H2,1-2H3,(H2,19,20,21)/t11-,12+,14+,15?/m0/s1. The second-order valence-electron chi connectivity index (χ2n) is 7.51. The van der Waals surface area contributed by atoms with Crippen molar-refractivity contribution in [2.45, 2.75) is 58.0 Å². The minimum atomic E-state index is -4.07. The van der Waals surface area contributed by atoms with Gasteiger partial charge in [-0.1, -0.05) is 26.7 Å². The predicted octanol–water partition coefficient (Wildman–Crippen LogP) is 0.799. The van der Waals surface area contributed by atoms with E-state index in [9.17, 15) is 18.3 Å². The fraction of sp³-hybridized carbons (Fsp3) is 0.667. The Bertz CT molecular complexity index is 994. The molecule has 0 saturated carbocycles. The zero-order chi connectivity index (χ0) is 21.9. The molecule has 11 nitrogen and oxygen atoms in total. The quantitative estimate of drug-likeness (QED) is 0.505. The average Bonchev–Trinajstić information content (AvgIpc) is 3.28. The van der Waals surface area contributed by atoms with Crippen molar-refractivity contribution in [1.82, 2.24) is 19.5 Å². The first-order valence-electron chi connectivity index (χ1n) is 9.88. The van der Waals surface area contributed by atoms with E-state index in [2.05, 4.69) is 15.0 Å². The monoisotopic (exact) mass is 441 g/mol. The van der Waals surface area contributed by atoms with Crippen molar-refractivity contribution in [3.63, 3.8) is 0 Å². The number of imidazole rings is 1. The molecule has 0 aromatic carbocycles. The number of aromatic nitrogens is 4. The lowest BCUT2D eigenvalue weighted by molar-refractivity contribution is -0.120. The van der Waals surface area contributed by atoms with Crippen LogP contribution < -0.4 is 5.73 Å². The number of rotatable bonds is 10. The van der Waals surface area contributed by atoms with Gasteiger partial charge in [0.2, 0.25) is 0 Å². The second kappa shape index (κ2) is 9.33. The third kappa shape index (κ3) is 5.12. The lowest BCUT2D eigenvalue weighted by atomic mass is 10.0. The number of nitrogen functional groups attached to an aromatic ring is 1. The van der Waals surface area contributed by atoms with Crippen LogP contribution in [0.1, 0.15) is 45.8 Å². The van der Waals surface area contributed by atoms with Gasteiger partial charge in [-0.25, -0.2) is 15.0 Å². The summed E-state index contributed by atoms with van der Waals surface area (Å²) in [4.78, 5) is 24.3. The maximum Gasteiger partial charge on any atom is 0.274 e. The van der Waals surface area contributed by atoms with E-state index in [1.807, 2.05) is 6.92 Å². The molecule has 4 atom stereocenters. The van der Waals surface area contributed by atoms with Gasteiger partial charge in [-0.05, 0) is 6.42 Å². The minimum Gasteiger partial charge on any atom is -0.390 e. The number of ketones is 1. The van der Waals surface area contributed by atoms with Gasteiger partial charge in [-0.15, -0.1) is 0 Å². The van der Waals surface area contributed by atoms with Gasteiger partial charge in [0.15, 0.2) is 17.2 Å². The third-order valence-electron chi connectivity index (χ3n) is 5.17. The molecule has 166 valence electrons. The summed E-state index contributed by atoms with van der Waals surface area (Å²) in [5, 5.41) is 10.3. The highest BCUT2D eigenvalue weighted by Crippen LogP contribution is 2.31. The number of fused-ring (bicyclic) bond motifs is 1. The molecule has 0 aliphatic carbocycles. The zero-order valence-electron chi connectivity index (χ0n) is 17.0. The van der Waals surface area contributed by atoms with Crippen LogP contribution in [0.15, 0.2) is 12.7 Å². The maximum absolute atomic E-state index is 12.2. The highest BCUT2D eigenvalue weighted by molar-refractivity contribution is 7.87. The van der Waals surface area contributed by atoms with E-state index in [1.165, 1.54) is 12.7 Å². The van der Waals surface area contributed by atoms with E-state index >= 15 is 0 Å². The van der Waals surface area contributed by atoms with Crippen LogP contribution in [0.2, 0.25) is 0 Å². The van der Waals surface area contributed by atoms with Gasteiger partial charge in [-0.3, -0.25) is 13.5 Å². The molecule has 1 saturated heterocycles. The van der Waals surface area contributed by atoms with E-state index in [-0.39, 0.29) is 30.5 Å². The Labute approximate surface area is 174 Å². The Balaban J connectivity index is 1.58. The number of aliphatic hydroxyl groups is 1. The van der Waals surface area contributed by atoms with Gasteiger partial charge in [0.05, 0.1) is 19.0 Å². The van der Waals surface area contributed by atoms with Crippen LogP contribution in [0.4, 0.5) is 5.82 Å². The van der Waals surface area contributed by atoms with Gasteiger partial charge in [0.25, 0.3) is 10.1 Å². The minimum absolute atomic E-state index is 0.191. The van der Waals surface area contributed by atoms with Crippen molar-refractivity contribution in [2.24, 2.45) is 5.92 Å². The zero-order valence-corrected chi connectivity index (χ0v) is 17.8. The Morgan fingerprint density at radius 2 is 2.20 bits per heavy atom. The summed E-state index contributed by atoms with van der Waals surface area (Å²) >= 11 is 0. The Hall–Kier alpha value is -2.15. The molecular formula is C18H27N5O6S. The van der Waals surface area contributed by atoms with Crippen LogP contribution in [0, 0.1) is 5.92 Å². The topological polar surface area (TPSA) is 160 Å². The molecule has 2 aromatic heterocycles. The molecule has 0 radical (unpaired) electrons. The summed E-state index contributed by atoms with van der Waals surface area (Å²) in [6, 6.07) is 0. The maximum atomic E-state index is 12.2. The van der Waals surface area contributed by atoms with Crippen LogP contribution in [-0.2, 0) is 23.8 Å². The summed E-state index contributed by atoms with van der Waals surface area (Å²) in [7, 11) is -4.07. The molecule has 1 unspecified atom stereocenters. The van der Waals surface area contributed by atoms with Crippen molar-refractivity contribution in [3.05, 3.63) is 12.7 Å². The summed E-state index contributed by atoms with van der Waals surface area (Å²) < 4.78 is 36.7. The first kappa shape index (κ1) is 22.5. The molecule has 1 aliphatic heterocycles. The largest absolute Gasteiger partial charge is 0.390 e. The normalized spacial score (nSPS) is 23.1. The number of aliphatic hydroxyl groups excluding tert-OH is 1. The summed E-state index contributed by atoms with van der Waals surface area (Å²) in [6.07, 6.45) is 2.94. The molecule has 3 rings (SSSR count). The van der Waals surface area contributed by atoms with Crippen LogP contribution in [-0.4, -0.2) is 63.4 Å². The van der Waals surface area contributed by atoms with Crippen LogP contribution >= 0.6 is 0 Å². The molecule has 3 N–H and O–H groups in total. The molecule has 3 heterocycles. The van der Waals surface area contributed by atoms with Gasteiger partial charge < -0.3 is 15.6 Å². The number of ether oxygens (including phenoxy) is 1. The predicted molar refractivity (Wildman–Crippen MR) is 108 cm³/mol. The molecule has 0 amide bonds. The van der Waals surface area contributed by atoms with Gasteiger partial charge >= 0.3 is 0 Å². The Kier molecular flexibility index (Phi) is 7.01. The fourth-order valence-electron chi connectivity index (χ4n) is 3.32. The molecule has 2 aromatic rings. The summed E-state index contributed by atoms with van der Waals surface area (Å²) in [6.45, 7) is 3.33. The van der Waals surface area contributed by atoms with Crippen LogP contribution in [0.25, 0.3) is 11.2 Å².